The van der Waals surface area contributed by atoms with Gasteiger partial charge in [0.1, 0.15) is 11.0 Å². The zero-order valence-corrected chi connectivity index (χ0v) is 19.9. The predicted molar refractivity (Wildman–Crippen MR) is 136 cm³/mol. The number of aliphatic hydroxyl groups excluding tert-OH is 2. The molecule has 0 aliphatic carbocycles. The van der Waals surface area contributed by atoms with Gasteiger partial charge in [-0.2, -0.15) is 9.97 Å². The van der Waals surface area contributed by atoms with E-state index in [1.807, 2.05) is 4.90 Å². The van der Waals surface area contributed by atoms with Gasteiger partial charge in [-0.3, -0.25) is 0 Å². The maximum absolute atomic E-state index is 9.61. The molecular formula is C24H36N8O2. The molecule has 0 aromatic carbocycles. The lowest BCUT2D eigenvalue weighted by Gasteiger charge is -2.32. The molecule has 0 atom stereocenters. The summed E-state index contributed by atoms with van der Waals surface area (Å²) < 4.78 is 0. The van der Waals surface area contributed by atoms with E-state index >= 15 is 0 Å². The van der Waals surface area contributed by atoms with Crippen LogP contribution in [0.1, 0.15) is 44.9 Å². The van der Waals surface area contributed by atoms with Gasteiger partial charge in [0, 0.05) is 52.2 Å². The molecule has 10 heteroatoms. The van der Waals surface area contributed by atoms with Crippen LogP contribution in [0, 0.1) is 12.3 Å². The van der Waals surface area contributed by atoms with E-state index in [2.05, 4.69) is 21.0 Å². The van der Waals surface area contributed by atoms with Crippen molar-refractivity contribution in [3.05, 3.63) is 0 Å². The molecule has 2 aromatic rings. The summed E-state index contributed by atoms with van der Waals surface area (Å²) in [6.07, 6.45) is 12.9. The molecule has 3 N–H and O–H groups in total. The quantitative estimate of drug-likeness (QED) is 0.351. The minimum Gasteiger partial charge on any atom is -0.395 e. The average molecular weight is 469 g/mol. The van der Waals surface area contributed by atoms with Gasteiger partial charge in [0.2, 0.25) is 11.9 Å². The SMILES string of the molecule is C#CCCNc1nc(N2CCCCC2)c2nc(N(CCO)CCO)nc(N3CCCCC3)c2n1. The molecule has 0 spiro atoms. The maximum atomic E-state index is 9.61. The van der Waals surface area contributed by atoms with Gasteiger partial charge in [-0.15, -0.1) is 12.3 Å². The second-order valence-electron chi connectivity index (χ2n) is 8.83. The number of terminal acetylenes is 1. The molecule has 4 rings (SSSR count). The number of aliphatic hydroxyl groups is 2. The Morgan fingerprint density at radius 3 is 1.91 bits per heavy atom. The number of anilines is 4. The molecule has 2 fully saturated rings. The van der Waals surface area contributed by atoms with Gasteiger partial charge in [-0.25, -0.2) is 9.97 Å². The maximum Gasteiger partial charge on any atom is 0.228 e. The van der Waals surface area contributed by atoms with Crippen LogP contribution < -0.4 is 20.0 Å². The highest BCUT2D eigenvalue weighted by atomic mass is 16.3. The lowest BCUT2D eigenvalue weighted by Crippen LogP contribution is -2.35. The smallest absolute Gasteiger partial charge is 0.228 e. The first-order valence-corrected chi connectivity index (χ1v) is 12.5. The van der Waals surface area contributed by atoms with E-state index in [4.69, 9.17) is 26.4 Å². The summed E-state index contributed by atoms with van der Waals surface area (Å²) in [5.41, 5.74) is 1.45. The Bertz CT molecular complexity index is 977. The molecule has 2 saturated heterocycles. The molecule has 34 heavy (non-hydrogen) atoms. The van der Waals surface area contributed by atoms with Crippen molar-refractivity contribution in [3.63, 3.8) is 0 Å². The van der Waals surface area contributed by atoms with Crippen molar-refractivity contribution < 1.29 is 10.2 Å². The highest BCUT2D eigenvalue weighted by Gasteiger charge is 2.25. The Hall–Kier alpha value is -2.90. The van der Waals surface area contributed by atoms with Gasteiger partial charge in [0.15, 0.2) is 11.6 Å². The molecule has 2 aliphatic rings. The van der Waals surface area contributed by atoms with Gasteiger partial charge in [-0.05, 0) is 38.5 Å². The number of nitrogens with one attached hydrogen (secondary N) is 1. The first-order valence-electron chi connectivity index (χ1n) is 12.5. The van der Waals surface area contributed by atoms with Crippen LogP contribution in [0.4, 0.5) is 23.5 Å². The van der Waals surface area contributed by atoms with E-state index in [-0.39, 0.29) is 13.2 Å². The Kier molecular flexibility index (Phi) is 8.55. The van der Waals surface area contributed by atoms with Gasteiger partial charge >= 0.3 is 0 Å². The monoisotopic (exact) mass is 468 g/mol. The van der Waals surface area contributed by atoms with E-state index in [1.165, 1.54) is 12.8 Å². The first-order chi connectivity index (χ1) is 16.7. The number of nitrogens with zero attached hydrogens (tertiary/aromatic N) is 7. The van der Waals surface area contributed by atoms with Crippen molar-refractivity contribution >= 4 is 34.6 Å². The van der Waals surface area contributed by atoms with Crippen molar-refractivity contribution in [1.29, 1.82) is 0 Å². The second-order valence-corrected chi connectivity index (χ2v) is 8.83. The third-order valence-corrected chi connectivity index (χ3v) is 6.38. The van der Waals surface area contributed by atoms with Crippen molar-refractivity contribution in [2.24, 2.45) is 0 Å². The van der Waals surface area contributed by atoms with Crippen LogP contribution in [0.15, 0.2) is 0 Å². The van der Waals surface area contributed by atoms with Crippen molar-refractivity contribution in [1.82, 2.24) is 19.9 Å². The van der Waals surface area contributed by atoms with Crippen LogP contribution in [0.25, 0.3) is 11.0 Å². The largest absolute Gasteiger partial charge is 0.395 e. The zero-order valence-electron chi connectivity index (χ0n) is 19.9. The van der Waals surface area contributed by atoms with Crippen molar-refractivity contribution in [2.75, 3.05) is 79.0 Å². The van der Waals surface area contributed by atoms with E-state index in [0.717, 1.165) is 74.5 Å². The van der Waals surface area contributed by atoms with Crippen LogP contribution in [0.2, 0.25) is 0 Å². The third-order valence-electron chi connectivity index (χ3n) is 6.38. The van der Waals surface area contributed by atoms with Crippen LogP contribution in [-0.2, 0) is 0 Å². The van der Waals surface area contributed by atoms with Gasteiger partial charge < -0.3 is 30.2 Å². The number of hydrogen-bond acceptors (Lipinski definition) is 10. The molecule has 0 unspecified atom stereocenters. The highest BCUT2D eigenvalue weighted by Crippen LogP contribution is 2.34. The Balaban J connectivity index is 1.88. The molecule has 4 heterocycles. The van der Waals surface area contributed by atoms with Crippen LogP contribution in [-0.4, -0.2) is 89.2 Å². The van der Waals surface area contributed by atoms with Crippen LogP contribution in [0.5, 0.6) is 0 Å². The Morgan fingerprint density at radius 2 is 1.35 bits per heavy atom. The average Bonchev–Trinajstić information content (AvgIpc) is 2.89. The van der Waals surface area contributed by atoms with Crippen molar-refractivity contribution in [3.8, 4) is 12.3 Å². The summed E-state index contributed by atoms with van der Waals surface area (Å²) >= 11 is 0. The lowest BCUT2D eigenvalue weighted by molar-refractivity contribution is 0.280. The molecule has 0 amide bonds. The van der Waals surface area contributed by atoms with Crippen LogP contribution >= 0.6 is 0 Å². The molecule has 184 valence electrons. The van der Waals surface area contributed by atoms with Gasteiger partial charge in [0.25, 0.3) is 0 Å². The van der Waals surface area contributed by atoms with E-state index in [0.29, 0.717) is 38.0 Å². The highest BCUT2D eigenvalue weighted by molar-refractivity contribution is 5.95. The van der Waals surface area contributed by atoms with E-state index in [9.17, 15) is 10.2 Å². The summed E-state index contributed by atoms with van der Waals surface area (Å²) in [5, 5.41) is 22.5. The topological polar surface area (TPSA) is 114 Å². The molecule has 2 aliphatic heterocycles. The van der Waals surface area contributed by atoms with Gasteiger partial charge in [0.05, 0.1) is 13.2 Å². The molecular weight excluding hydrogens is 432 g/mol. The van der Waals surface area contributed by atoms with Crippen molar-refractivity contribution in [2.45, 2.75) is 44.9 Å². The summed E-state index contributed by atoms with van der Waals surface area (Å²) in [6, 6.07) is 0. The Labute approximate surface area is 201 Å². The number of aromatic nitrogens is 4. The Morgan fingerprint density at radius 1 is 0.794 bits per heavy atom. The fourth-order valence-corrected chi connectivity index (χ4v) is 4.65. The van der Waals surface area contributed by atoms with Gasteiger partial charge in [-0.1, -0.05) is 0 Å². The minimum absolute atomic E-state index is 0.0477. The number of hydrogen-bond donors (Lipinski definition) is 3. The minimum atomic E-state index is -0.0477. The molecule has 2 aromatic heterocycles. The summed E-state index contributed by atoms with van der Waals surface area (Å²) in [5.74, 6) is 5.29. The number of fused-ring (bicyclic) bond motifs is 1. The summed E-state index contributed by atoms with van der Waals surface area (Å²) in [4.78, 5) is 26.0. The number of rotatable bonds is 10. The normalized spacial score (nSPS) is 16.5. The molecule has 10 nitrogen and oxygen atoms in total. The number of piperidine rings is 2. The summed E-state index contributed by atoms with van der Waals surface area (Å²) in [6.45, 7) is 4.86. The van der Waals surface area contributed by atoms with E-state index in [1.54, 1.807) is 0 Å². The zero-order chi connectivity index (χ0) is 23.8. The first kappa shape index (κ1) is 24.2. The third kappa shape index (κ3) is 5.59. The lowest BCUT2D eigenvalue weighted by atomic mass is 10.1. The predicted octanol–water partition coefficient (Wildman–Crippen LogP) is 1.63. The molecule has 0 saturated carbocycles. The summed E-state index contributed by atoms with van der Waals surface area (Å²) in [7, 11) is 0. The standard InChI is InChI=1S/C24H36N8O2/c1-2-3-10-25-23-26-19-20(21(28-23)30-11-6-4-7-12-30)27-24(32(15-17-33)16-18-34)29-22(19)31-13-8-5-9-14-31/h1,33-34H,3-18H2,(H,25,26,28). The molecule has 0 radical (unpaired) electrons. The fraction of sp³-hybridized carbons (Fsp3) is 0.667. The second kappa shape index (κ2) is 12.0. The van der Waals surface area contributed by atoms with E-state index < -0.39 is 0 Å². The fourth-order valence-electron chi connectivity index (χ4n) is 4.65. The molecule has 0 bridgehead atoms. The van der Waals surface area contributed by atoms with Crippen LogP contribution in [0.3, 0.4) is 0 Å².